The maximum absolute atomic E-state index is 9.04. The Labute approximate surface area is 115 Å². The first kappa shape index (κ1) is 15.5. The highest BCUT2D eigenvalue weighted by Crippen LogP contribution is 2.19. The molecule has 0 radical (unpaired) electrons. The molecule has 0 unspecified atom stereocenters. The van der Waals surface area contributed by atoms with Gasteiger partial charge in [-0.15, -0.1) is 0 Å². The number of para-hydroxylation sites is 1. The van der Waals surface area contributed by atoms with Crippen LogP contribution < -0.4 is 5.32 Å². The standard InChI is InChI=1S/C15H22N2O2/c1-13-6-5-7-14(12-16)15(13)17-8-3-4-9-19-11-10-18-2/h5-7,17H,3-4,8-11H2,1-2H3. The summed E-state index contributed by atoms with van der Waals surface area (Å²) < 4.78 is 10.3. The van der Waals surface area contributed by atoms with Crippen molar-refractivity contribution in [3.63, 3.8) is 0 Å². The third-order valence-electron chi connectivity index (χ3n) is 2.84. The van der Waals surface area contributed by atoms with Gasteiger partial charge >= 0.3 is 0 Å². The molecule has 0 bridgehead atoms. The van der Waals surface area contributed by atoms with Crippen LogP contribution in [0.4, 0.5) is 5.69 Å². The zero-order valence-corrected chi connectivity index (χ0v) is 11.7. The Morgan fingerprint density at radius 1 is 1.21 bits per heavy atom. The molecule has 104 valence electrons. The van der Waals surface area contributed by atoms with Gasteiger partial charge in [0.2, 0.25) is 0 Å². The number of methoxy groups -OCH3 is 1. The van der Waals surface area contributed by atoms with Crippen molar-refractivity contribution in [1.29, 1.82) is 5.26 Å². The highest BCUT2D eigenvalue weighted by Gasteiger charge is 2.03. The third kappa shape index (κ3) is 5.73. The lowest BCUT2D eigenvalue weighted by atomic mass is 10.1. The van der Waals surface area contributed by atoms with Gasteiger partial charge in [-0.05, 0) is 31.4 Å². The summed E-state index contributed by atoms with van der Waals surface area (Å²) in [6.45, 7) is 4.92. The van der Waals surface area contributed by atoms with Gasteiger partial charge in [0.25, 0.3) is 0 Å². The van der Waals surface area contributed by atoms with Crippen molar-refractivity contribution < 1.29 is 9.47 Å². The Morgan fingerprint density at radius 3 is 2.79 bits per heavy atom. The van der Waals surface area contributed by atoms with E-state index in [1.54, 1.807) is 7.11 Å². The maximum atomic E-state index is 9.04. The van der Waals surface area contributed by atoms with Crippen LogP contribution in [-0.4, -0.2) is 33.5 Å². The summed E-state index contributed by atoms with van der Waals surface area (Å²) in [4.78, 5) is 0. The van der Waals surface area contributed by atoms with Crippen molar-refractivity contribution in [2.75, 3.05) is 38.8 Å². The molecular formula is C15H22N2O2. The van der Waals surface area contributed by atoms with E-state index in [0.29, 0.717) is 18.8 Å². The van der Waals surface area contributed by atoms with Crippen LogP contribution in [0.15, 0.2) is 18.2 Å². The van der Waals surface area contributed by atoms with E-state index in [1.807, 2.05) is 25.1 Å². The van der Waals surface area contributed by atoms with Gasteiger partial charge in [0.05, 0.1) is 24.5 Å². The van der Waals surface area contributed by atoms with Crippen LogP contribution in [0, 0.1) is 18.3 Å². The predicted molar refractivity (Wildman–Crippen MR) is 76.3 cm³/mol. The monoisotopic (exact) mass is 262 g/mol. The molecule has 0 aliphatic carbocycles. The van der Waals surface area contributed by atoms with E-state index in [4.69, 9.17) is 14.7 Å². The molecule has 1 aromatic carbocycles. The average molecular weight is 262 g/mol. The summed E-state index contributed by atoms with van der Waals surface area (Å²) >= 11 is 0. The number of unbranched alkanes of at least 4 members (excludes halogenated alkanes) is 1. The number of hydrogen-bond acceptors (Lipinski definition) is 4. The van der Waals surface area contributed by atoms with E-state index in [2.05, 4.69) is 11.4 Å². The quantitative estimate of drug-likeness (QED) is 0.695. The Hall–Kier alpha value is -1.57. The van der Waals surface area contributed by atoms with E-state index in [-0.39, 0.29) is 0 Å². The Balaban J connectivity index is 2.21. The summed E-state index contributed by atoms with van der Waals surface area (Å²) in [5.41, 5.74) is 2.76. The smallest absolute Gasteiger partial charge is 0.101 e. The van der Waals surface area contributed by atoms with Gasteiger partial charge in [0.1, 0.15) is 6.07 Å². The van der Waals surface area contributed by atoms with Crippen molar-refractivity contribution in [3.05, 3.63) is 29.3 Å². The number of benzene rings is 1. The molecule has 0 saturated carbocycles. The fraction of sp³-hybridized carbons (Fsp3) is 0.533. The van der Waals surface area contributed by atoms with Crippen molar-refractivity contribution in [3.8, 4) is 6.07 Å². The largest absolute Gasteiger partial charge is 0.384 e. The van der Waals surface area contributed by atoms with Gasteiger partial charge in [-0.1, -0.05) is 12.1 Å². The summed E-state index contributed by atoms with van der Waals surface area (Å²) in [5, 5.41) is 12.4. The number of anilines is 1. The predicted octanol–water partition coefficient (Wildman–Crippen LogP) is 2.72. The van der Waals surface area contributed by atoms with Crippen LogP contribution in [0.5, 0.6) is 0 Å². The van der Waals surface area contributed by atoms with Gasteiger partial charge in [0.15, 0.2) is 0 Å². The molecule has 4 nitrogen and oxygen atoms in total. The molecule has 0 atom stereocenters. The lowest BCUT2D eigenvalue weighted by molar-refractivity contribution is 0.0691. The SMILES string of the molecule is COCCOCCCCNc1c(C)cccc1C#N. The molecule has 0 fully saturated rings. The second-order valence-electron chi connectivity index (χ2n) is 4.35. The zero-order chi connectivity index (χ0) is 13.9. The van der Waals surface area contributed by atoms with E-state index in [9.17, 15) is 0 Å². The first-order valence-electron chi connectivity index (χ1n) is 6.60. The minimum absolute atomic E-state index is 0.646. The minimum atomic E-state index is 0.646. The minimum Gasteiger partial charge on any atom is -0.384 e. The number of hydrogen-bond donors (Lipinski definition) is 1. The molecular weight excluding hydrogens is 240 g/mol. The lowest BCUT2D eigenvalue weighted by Crippen LogP contribution is -2.07. The molecule has 1 N–H and O–H groups in total. The number of rotatable bonds is 9. The molecule has 0 aromatic heterocycles. The number of ether oxygens (including phenoxy) is 2. The summed E-state index contributed by atoms with van der Waals surface area (Å²) in [6, 6.07) is 7.96. The molecule has 0 heterocycles. The summed E-state index contributed by atoms with van der Waals surface area (Å²) in [6.07, 6.45) is 2.02. The molecule has 1 aromatic rings. The molecule has 1 rings (SSSR count). The first-order valence-corrected chi connectivity index (χ1v) is 6.60. The van der Waals surface area contributed by atoms with Crippen LogP contribution in [0.3, 0.4) is 0 Å². The molecule has 0 amide bonds. The number of nitrogens with zero attached hydrogens (tertiary/aromatic N) is 1. The van der Waals surface area contributed by atoms with Gasteiger partial charge in [-0.25, -0.2) is 0 Å². The van der Waals surface area contributed by atoms with Crippen molar-refractivity contribution in [2.45, 2.75) is 19.8 Å². The Morgan fingerprint density at radius 2 is 2.05 bits per heavy atom. The van der Waals surface area contributed by atoms with E-state index >= 15 is 0 Å². The van der Waals surface area contributed by atoms with Crippen LogP contribution >= 0.6 is 0 Å². The van der Waals surface area contributed by atoms with Gasteiger partial charge in [-0.2, -0.15) is 5.26 Å². The average Bonchev–Trinajstić information content (AvgIpc) is 2.43. The van der Waals surface area contributed by atoms with E-state index in [1.165, 1.54) is 0 Å². The fourth-order valence-electron chi connectivity index (χ4n) is 1.78. The van der Waals surface area contributed by atoms with Gasteiger partial charge < -0.3 is 14.8 Å². The number of aryl methyl sites for hydroxylation is 1. The fourth-order valence-corrected chi connectivity index (χ4v) is 1.78. The number of nitriles is 1. The van der Waals surface area contributed by atoms with Gasteiger partial charge in [-0.3, -0.25) is 0 Å². The van der Waals surface area contributed by atoms with Crippen LogP contribution in [0.1, 0.15) is 24.0 Å². The van der Waals surface area contributed by atoms with Crippen molar-refractivity contribution in [1.82, 2.24) is 0 Å². The molecule has 0 aliphatic heterocycles. The molecule has 19 heavy (non-hydrogen) atoms. The van der Waals surface area contributed by atoms with Crippen LogP contribution in [-0.2, 0) is 9.47 Å². The van der Waals surface area contributed by atoms with Crippen LogP contribution in [0.2, 0.25) is 0 Å². The first-order chi connectivity index (χ1) is 9.29. The normalized spacial score (nSPS) is 10.2. The second-order valence-corrected chi connectivity index (χ2v) is 4.35. The van der Waals surface area contributed by atoms with E-state index in [0.717, 1.165) is 37.2 Å². The van der Waals surface area contributed by atoms with Crippen molar-refractivity contribution in [2.24, 2.45) is 0 Å². The molecule has 0 spiro atoms. The molecule has 0 aliphatic rings. The zero-order valence-electron chi connectivity index (χ0n) is 11.7. The van der Waals surface area contributed by atoms with Crippen LogP contribution in [0.25, 0.3) is 0 Å². The van der Waals surface area contributed by atoms with Crippen molar-refractivity contribution >= 4 is 5.69 Å². The summed E-state index contributed by atoms with van der Waals surface area (Å²) in [5.74, 6) is 0. The lowest BCUT2D eigenvalue weighted by Gasteiger charge is -2.11. The Bertz CT molecular complexity index is 413. The topological polar surface area (TPSA) is 54.3 Å². The summed E-state index contributed by atoms with van der Waals surface area (Å²) in [7, 11) is 1.67. The van der Waals surface area contributed by atoms with Gasteiger partial charge in [0, 0.05) is 20.3 Å². The molecule has 4 heteroatoms. The highest BCUT2D eigenvalue weighted by atomic mass is 16.5. The highest BCUT2D eigenvalue weighted by molar-refractivity contribution is 5.62. The van der Waals surface area contributed by atoms with E-state index < -0.39 is 0 Å². The Kier molecular flexibility index (Phi) is 7.64. The maximum Gasteiger partial charge on any atom is 0.101 e. The molecule has 0 saturated heterocycles. The number of nitrogens with one attached hydrogen (secondary N) is 1. The second kappa shape index (κ2) is 9.37. The third-order valence-corrected chi connectivity index (χ3v) is 2.84.